The number of nitrogens with one attached hydrogen (secondary N) is 1. The van der Waals surface area contributed by atoms with Crippen molar-refractivity contribution >= 4 is 62.6 Å². The molecule has 0 atom stereocenters. The molecule has 0 spiro atoms. The molecule has 0 aliphatic heterocycles. The van der Waals surface area contributed by atoms with Gasteiger partial charge in [-0.05, 0) is 94.2 Å². The van der Waals surface area contributed by atoms with E-state index in [-0.39, 0.29) is 5.57 Å². The number of nitriles is 1. The number of benzene rings is 4. The van der Waals surface area contributed by atoms with Crippen molar-refractivity contribution in [2.75, 3.05) is 12.4 Å². The average Bonchev–Trinajstić information content (AvgIpc) is 2.89. The number of anilines is 1. The van der Waals surface area contributed by atoms with E-state index in [1.54, 1.807) is 38.3 Å². The maximum Gasteiger partial charge on any atom is 0.266 e. The number of amides is 1. The van der Waals surface area contributed by atoms with Gasteiger partial charge in [-0.15, -0.1) is 0 Å². The molecule has 0 radical (unpaired) electrons. The largest absolute Gasteiger partial charge is 0.493 e. The summed E-state index contributed by atoms with van der Waals surface area (Å²) in [4.78, 5) is 12.8. The van der Waals surface area contributed by atoms with Crippen molar-refractivity contribution < 1.29 is 14.3 Å². The van der Waals surface area contributed by atoms with Crippen LogP contribution in [0.25, 0.3) is 16.8 Å². The minimum absolute atomic E-state index is 0.0442. The highest BCUT2D eigenvalue weighted by molar-refractivity contribution is 14.1. The van der Waals surface area contributed by atoms with Crippen LogP contribution >= 0.6 is 34.2 Å². The Bertz CT molecular complexity index is 1570. The second-order valence-electron chi connectivity index (χ2n) is 8.44. The molecular weight excluding hydrogens is 599 g/mol. The highest BCUT2D eigenvalue weighted by Gasteiger charge is 2.16. The number of halogens is 2. The number of fused-ring (bicyclic) bond motifs is 1. The Labute approximate surface area is 234 Å². The minimum Gasteiger partial charge on any atom is -0.493 e. The van der Waals surface area contributed by atoms with Crippen LogP contribution in [0.2, 0.25) is 5.02 Å². The number of methoxy groups -OCH3 is 1. The Kier molecular flexibility index (Phi) is 8.37. The molecule has 1 N–H and O–H groups in total. The average molecular weight is 623 g/mol. The Morgan fingerprint density at radius 2 is 1.89 bits per heavy atom. The number of nitrogens with zero attached hydrogens (tertiary/aromatic N) is 1. The summed E-state index contributed by atoms with van der Waals surface area (Å²) in [7, 11) is 1.56. The molecule has 4 rings (SSSR count). The summed E-state index contributed by atoms with van der Waals surface area (Å²) in [6.45, 7) is 4.25. The first-order valence-electron chi connectivity index (χ1n) is 11.5. The summed E-state index contributed by atoms with van der Waals surface area (Å²) in [6.07, 6.45) is 1.53. The van der Waals surface area contributed by atoms with E-state index in [2.05, 4.69) is 59.1 Å². The number of rotatable bonds is 7. The van der Waals surface area contributed by atoms with Crippen molar-refractivity contribution in [2.24, 2.45) is 0 Å². The molecule has 0 aromatic heterocycles. The molecule has 0 aliphatic carbocycles. The summed E-state index contributed by atoms with van der Waals surface area (Å²) in [5.74, 6) is 0.595. The van der Waals surface area contributed by atoms with Crippen LogP contribution in [-0.2, 0) is 11.4 Å². The number of carbonyl (C=O) groups excluding carboxylic acids is 1. The van der Waals surface area contributed by atoms with Crippen LogP contribution in [0.3, 0.4) is 0 Å². The first kappa shape index (κ1) is 26.5. The molecule has 186 valence electrons. The number of hydrogen-bond acceptors (Lipinski definition) is 4. The lowest BCUT2D eigenvalue weighted by molar-refractivity contribution is -0.112. The molecule has 5 nitrogen and oxygen atoms in total. The third-order valence-electron chi connectivity index (χ3n) is 6.08. The van der Waals surface area contributed by atoms with Gasteiger partial charge in [-0.25, -0.2) is 0 Å². The third kappa shape index (κ3) is 5.90. The van der Waals surface area contributed by atoms with Gasteiger partial charge in [-0.3, -0.25) is 4.79 Å². The fourth-order valence-electron chi connectivity index (χ4n) is 3.99. The van der Waals surface area contributed by atoms with Gasteiger partial charge in [0.25, 0.3) is 5.91 Å². The molecule has 7 heteroatoms. The number of carbonyl (C=O) groups is 1. The van der Waals surface area contributed by atoms with Crippen LogP contribution in [0.15, 0.2) is 72.3 Å². The smallest absolute Gasteiger partial charge is 0.266 e. The molecule has 0 fully saturated rings. The van der Waals surface area contributed by atoms with E-state index in [9.17, 15) is 10.1 Å². The van der Waals surface area contributed by atoms with Crippen molar-refractivity contribution in [3.8, 4) is 17.6 Å². The first-order chi connectivity index (χ1) is 17.8. The summed E-state index contributed by atoms with van der Waals surface area (Å²) in [6, 6.07) is 23.2. The lowest BCUT2D eigenvalue weighted by atomic mass is 10.0. The van der Waals surface area contributed by atoms with Gasteiger partial charge in [-0.2, -0.15) is 5.26 Å². The molecule has 0 bridgehead atoms. The van der Waals surface area contributed by atoms with Crippen LogP contribution in [-0.4, -0.2) is 13.0 Å². The normalized spacial score (nSPS) is 11.2. The zero-order valence-electron chi connectivity index (χ0n) is 20.6. The predicted molar refractivity (Wildman–Crippen MR) is 157 cm³/mol. The van der Waals surface area contributed by atoms with Crippen molar-refractivity contribution in [1.29, 1.82) is 5.26 Å². The van der Waals surface area contributed by atoms with Crippen molar-refractivity contribution in [3.63, 3.8) is 0 Å². The van der Waals surface area contributed by atoms with E-state index in [4.69, 9.17) is 21.1 Å². The van der Waals surface area contributed by atoms with E-state index < -0.39 is 5.91 Å². The Balaban J connectivity index is 1.60. The highest BCUT2D eigenvalue weighted by Crippen LogP contribution is 2.36. The molecule has 0 aliphatic rings. The van der Waals surface area contributed by atoms with Gasteiger partial charge in [0.2, 0.25) is 0 Å². The number of ether oxygens (including phenoxy) is 2. The number of aryl methyl sites for hydroxylation is 1. The first-order valence-corrected chi connectivity index (χ1v) is 12.9. The Hall–Kier alpha value is -3.54. The monoisotopic (exact) mass is 622 g/mol. The van der Waals surface area contributed by atoms with E-state index in [0.717, 1.165) is 31.0 Å². The summed E-state index contributed by atoms with van der Waals surface area (Å²) >= 11 is 8.33. The Morgan fingerprint density at radius 3 is 2.65 bits per heavy atom. The molecular formula is C30H24ClIN2O3. The molecule has 0 unspecified atom stereocenters. The van der Waals surface area contributed by atoms with E-state index in [0.29, 0.717) is 34.4 Å². The zero-order valence-corrected chi connectivity index (χ0v) is 23.5. The third-order valence-corrected chi connectivity index (χ3v) is 7.29. The predicted octanol–water partition coefficient (Wildman–Crippen LogP) is 7.85. The van der Waals surface area contributed by atoms with Crippen molar-refractivity contribution in [3.05, 3.63) is 103 Å². The van der Waals surface area contributed by atoms with Crippen LogP contribution in [0.1, 0.15) is 22.3 Å². The van der Waals surface area contributed by atoms with Gasteiger partial charge >= 0.3 is 0 Å². The number of hydrogen-bond donors (Lipinski definition) is 1. The summed E-state index contributed by atoms with van der Waals surface area (Å²) in [5, 5.41) is 15.3. The van der Waals surface area contributed by atoms with Gasteiger partial charge in [-0.1, -0.05) is 54.1 Å². The molecule has 0 heterocycles. The zero-order chi connectivity index (χ0) is 26.5. The molecule has 4 aromatic carbocycles. The van der Waals surface area contributed by atoms with Crippen LogP contribution in [0.4, 0.5) is 5.69 Å². The lowest BCUT2D eigenvalue weighted by Crippen LogP contribution is -2.14. The van der Waals surface area contributed by atoms with Gasteiger partial charge in [0.05, 0.1) is 10.7 Å². The summed E-state index contributed by atoms with van der Waals surface area (Å²) in [5.41, 5.74) is 4.14. The molecule has 37 heavy (non-hydrogen) atoms. The standard InChI is InChI=1S/C30H24ClIN2O3/c1-18-11-12-21-7-4-5-8-23(21)24(18)17-37-29-26(32)14-20(15-28(29)36-3)13-22(16-33)30(35)34-27-10-6-9-25(31)19(27)2/h4-15H,17H2,1-3H3,(H,34,35)/b22-13+. The molecule has 0 saturated carbocycles. The van der Waals surface area contributed by atoms with Crippen LogP contribution < -0.4 is 14.8 Å². The fourth-order valence-corrected chi connectivity index (χ4v) is 4.95. The van der Waals surface area contributed by atoms with E-state index >= 15 is 0 Å². The van der Waals surface area contributed by atoms with Gasteiger partial charge in [0.15, 0.2) is 11.5 Å². The topological polar surface area (TPSA) is 71.3 Å². The molecule has 1 amide bonds. The second-order valence-corrected chi connectivity index (χ2v) is 10.0. The minimum atomic E-state index is -0.520. The second kappa shape index (κ2) is 11.7. The van der Waals surface area contributed by atoms with E-state index in [1.807, 2.05) is 24.3 Å². The van der Waals surface area contributed by atoms with Gasteiger partial charge < -0.3 is 14.8 Å². The summed E-state index contributed by atoms with van der Waals surface area (Å²) < 4.78 is 12.7. The fraction of sp³-hybridized carbons (Fsp3) is 0.133. The van der Waals surface area contributed by atoms with Crippen LogP contribution in [0, 0.1) is 28.7 Å². The van der Waals surface area contributed by atoms with Crippen molar-refractivity contribution in [2.45, 2.75) is 20.5 Å². The molecule has 4 aromatic rings. The maximum atomic E-state index is 12.8. The maximum absolute atomic E-state index is 12.8. The molecule has 0 saturated heterocycles. The Morgan fingerprint density at radius 1 is 1.11 bits per heavy atom. The highest BCUT2D eigenvalue weighted by atomic mass is 127. The van der Waals surface area contributed by atoms with Crippen LogP contribution in [0.5, 0.6) is 11.5 Å². The SMILES string of the molecule is COc1cc(/C=C(\C#N)C(=O)Nc2cccc(Cl)c2C)cc(I)c1OCc1c(C)ccc2ccccc12. The quantitative estimate of drug-likeness (QED) is 0.129. The van der Waals surface area contributed by atoms with Gasteiger partial charge in [0.1, 0.15) is 18.2 Å². The lowest BCUT2D eigenvalue weighted by Gasteiger charge is -2.16. The van der Waals surface area contributed by atoms with Gasteiger partial charge in [0, 0.05) is 16.3 Å². The van der Waals surface area contributed by atoms with E-state index in [1.165, 1.54) is 6.08 Å². The van der Waals surface area contributed by atoms with Crippen molar-refractivity contribution in [1.82, 2.24) is 0 Å².